The molecule has 0 radical (unpaired) electrons. The van der Waals surface area contributed by atoms with Crippen LogP contribution in [0.5, 0.6) is 0 Å². The molecule has 0 aromatic rings. The third kappa shape index (κ3) is 1.43. The van der Waals surface area contributed by atoms with Gasteiger partial charge < -0.3 is 10.5 Å². The van der Waals surface area contributed by atoms with E-state index in [0.717, 1.165) is 13.0 Å². The van der Waals surface area contributed by atoms with E-state index in [9.17, 15) is 0 Å². The quantitative estimate of drug-likeness (QED) is 0.567. The second kappa shape index (κ2) is 2.67. The standard InChI is InChI=1S/C7H15NO/c1-5(8)7-3-4-9-6(7)2/h5-7H,3-4,8H2,1-2H3/t5-,6?,7?/m1/s1. The molecule has 0 saturated carbocycles. The first-order valence-electron chi connectivity index (χ1n) is 3.59. The summed E-state index contributed by atoms with van der Waals surface area (Å²) in [6.45, 7) is 5.05. The van der Waals surface area contributed by atoms with Crippen LogP contribution in [0.4, 0.5) is 0 Å². The van der Waals surface area contributed by atoms with E-state index < -0.39 is 0 Å². The van der Waals surface area contributed by atoms with Gasteiger partial charge in [-0.05, 0) is 20.3 Å². The molecule has 2 nitrogen and oxygen atoms in total. The van der Waals surface area contributed by atoms with Crippen LogP contribution in [-0.4, -0.2) is 18.8 Å². The lowest BCUT2D eigenvalue weighted by molar-refractivity contribution is 0.101. The minimum absolute atomic E-state index is 0.294. The first kappa shape index (κ1) is 7.03. The van der Waals surface area contributed by atoms with Gasteiger partial charge in [0.1, 0.15) is 0 Å². The number of ether oxygens (including phenoxy) is 1. The van der Waals surface area contributed by atoms with Gasteiger partial charge in [-0.3, -0.25) is 0 Å². The maximum absolute atomic E-state index is 5.71. The van der Waals surface area contributed by atoms with E-state index in [-0.39, 0.29) is 0 Å². The van der Waals surface area contributed by atoms with Crippen LogP contribution in [0.1, 0.15) is 20.3 Å². The molecule has 0 aromatic heterocycles. The topological polar surface area (TPSA) is 35.2 Å². The first-order valence-corrected chi connectivity index (χ1v) is 3.59. The Morgan fingerprint density at radius 2 is 2.33 bits per heavy atom. The Bertz CT molecular complexity index is 92.9. The Kier molecular flexibility index (Phi) is 2.09. The van der Waals surface area contributed by atoms with Crippen molar-refractivity contribution < 1.29 is 4.74 Å². The van der Waals surface area contributed by atoms with E-state index in [1.54, 1.807) is 0 Å². The summed E-state index contributed by atoms with van der Waals surface area (Å²) in [6.07, 6.45) is 1.52. The summed E-state index contributed by atoms with van der Waals surface area (Å²) < 4.78 is 5.35. The van der Waals surface area contributed by atoms with Crippen LogP contribution in [0.25, 0.3) is 0 Å². The molecule has 1 heterocycles. The van der Waals surface area contributed by atoms with Crippen molar-refractivity contribution in [3.63, 3.8) is 0 Å². The molecule has 2 unspecified atom stereocenters. The molecular formula is C7H15NO. The van der Waals surface area contributed by atoms with Crippen LogP contribution >= 0.6 is 0 Å². The average Bonchev–Trinajstić information content (AvgIpc) is 2.13. The minimum atomic E-state index is 0.294. The fourth-order valence-corrected chi connectivity index (χ4v) is 1.44. The number of hydrogen-bond acceptors (Lipinski definition) is 2. The van der Waals surface area contributed by atoms with Crippen LogP contribution in [0, 0.1) is 5.92 Å². The van der Waals surface area contributed by atoms with Crippen molar-refractivity contribution >= 4 is 0 Å². The normalized spacial score (nSPS) is 39.0. The van der Waals surface area contributed by atoms with Crippen molar-refractivity contribution in [2.75, 3.05) is 6.61 Å². The minimum Gasteiger partial charge on any atom is -0.378 e. The van der Waals surface area contributed by atoms with Crippen molar-refractivity contribution in [3.05, 3.63) is 0 Å². The average molecular weight is 129 g/mol. The summed E-state index contributed by atoms with van der Waals surface area (Å²) in [4.78, 5) is 0. The molecule has 1 fully saturated rings. The molecule has 0 amide bonds. The van der Waals surface area contributed by atoms with Gasteiger partial charge in [0.2, 0.25) is 0 Å². The van der Waals surface area contributed by atoms with E-state index in [2.05, 4.69) is 13.8 Å². The maximum atomic E-state index is 5.71. The van der Waals surface area contributed by atoms with Crippen molar-refractivity contribution in [1.82, 2.24) is 0 Å². The zero-order chi connectivity index (χ0) is 6.85. The predicted molar refractivity (Wildman–Crippen MR) is 37.2 cm³/mol. The highest BCUT2D eigenvalue weighted by Crippen LogP contribution is 2.22. The van der Waals surface area contributed by atoms with Crippen molar-refractivity contribution in [1.29, 1.82) is 0 Å². The first-order chi connectivity index (χ1) is 4.22. The van der Waals surface area contributed by atoms with Gasteiger partial charge in [-0.25, -0.2) is 0 Å². The van der Waals surface area contributed by atoms with Gasteiger partial charge in [0, 0.05) is 18.6 Å². The maximum Gasteiger partial charge on any atom is 0.0590 e. The molecule has 0 bridgehead atoms. The molecule has 54 valence electrons. The molecule has 1 rings (SSSR count). The molecule has 0 aromatic carbocycles. The highest BCUT2D eigenvalue weighted by atomic mass is 16.5. The van der Waals surface area contributed by atoms with Gasteiger partial charge in [0.15, 0.2) is 0 Å². The summed E-state index contributed by atoms with van der Waals surface area (Å²) in [6, 6.07) is 0.294. The van der Waals surface area contributed by atoms with Crippen LogP contribution in [-0.2, 0) is 4.74 Å². The van der Waals surface area contributed by atoms with Crippen LogP contribution in [0.2, 0.25) is 0 Å². The van der Waals surface area contributed by atoms with E-state index in [1.165, 1.54) is 0 Å². The van der Waals surface area contributed by atoms with Gasteiger partial charge in [-0.15, -0.1) is 0 Å². The molecule has 3 atom stereocenters. The van der Waals surface area contributed by atoms with E-state index in [0.29, 0.717) is 18.1 Å². The molecule has 2 N–H and O–H groups in total. The van der Waals surface area contributed by atoms with Gasteiger partial charge in [-0.2, -0.15) is 0 Å². The molecule has 0 aliphatic carbocycles. The highest BCUT2D eigenvalue weighted by molar-refractivity contribution is 4.78. The second-order valence-corrected chi connectivity index (χ2v) is 2.89. The molecule has 9 heavy (non-hydrogen) atoms. The molecular weight excluding hydrogens is 114 g/mol. The lowest BCUT2D eigenvalue weighted by atomic mass is 9.96. The number of rotatable bonds is 1. The Balaban J connectivity index is 2.40. The zero-order valence-corrected chi connectivity index (χ0v) is 6.13. The Hall–Kier alpha value is -0.0800. The monoisotopic (exact) mass is 129 g/mol. The lowest BCUT2D eigenvalue weighted by Crippen LogP contribution is -2.30. The van der Waals surface area contributed by atoms with Crippen LogP contribution in [0.15, 0.2) is 0 Å². The largest absolute Gasteiger partial charge is 0.378 e. The predicted octanol–water partition coefficient (Wildman–Crippen LogP) is 0.759. The van der Waals surface area contributed by atoms with Crippen LogP contribution in [0.3, 0.4) is 0 Å². The molecule has 0 spiro atoms. The third-order valence-corrected chi connectivity index (χ3v) is 2.11. The molecule has 1 aliphatic rings. The summed E-state index contributed by atoms with van der Waals surface area (Å²) in [5, 5.41) is 0. The summed E-state index contributed by atoms with van der Waals surface area (Å²) in [7, 11) is 0. The van der Waals surface area contributed by atoms with E-state index in [4.69, 9.17) is 10.5 Å². The SMILES string of the molecule is CC1OCCC1[C@@H](C)N. The zero-order valence-electron chi connectivity index (χ0n) is 6.13. The Morgan fingerprint density at radius 3 is 2.56 bits per heavy atom. The summed E-state index contributed by atoms with van der Waals surface area (Å²) >= 11 is 0. The number of nitrogens with two attached hydrogens (primary N) is 1. The number of hydrogen-bond donors (Lipinski definition) is 1. The summed E-state index contributed by atoms with van der Waals surface area (Å²) in [5.74, 6) is 0.588. The van der Waals surface area contributed by atoms with E-state index >= 15 is 0 Å². The Morgan fingerprint density at radius 1 is 1.67 bits per heavy atom. The van der Waals surface area contributed by atoms with E-state index in [1.807, 2.05) is 0 Å². The fraction of sp³-hybridized carbons (Fsp3) is 1.00. The molecule has 1 aliphatic heterocycles. The summed E-state index contributed by atoms with van der Waals surface area (Å²) in [5.41, 5.74) is 5.71. The van der Waals surface area contributed by atoms with Gasteiger partial charge >= 0.3 is 0 Å². The van der Waals surface area contributed by atoms with Crippen molar-refractivity contribution in [2.24, 2.45) is 11.7 Å². The fourth-order valence-electron chi connectivity index (χ4n) is 1.44. The Labute approximate surface area is 56.4 Å². The van der Waals surface area contributed by atoms with Gasteiger partial charge in [0.05, 0.1) is 6.10 Å². The molecule has 1 saturated heterocycles. The van der Waals surface area contributed by atoms with Gasteiger partial charge in [0.25, 0.3) is 0 Å². The third-order valence-electron chi connectivity index (χ3n) is 2.11. The smallest absolute Gasteiger partial charge is 0.0590 e. The van der Waals surface area contributed by atoms with Crippen LogP contribution < -0.4 is 5.73 Å². The van der Waals surface area contributed by atoms with Crippen molar-refractivity contribution in [2.45, 2.75) is 32.4 Å². The highest BCUT2D eigenvalue weighted by Gasteiger charge is 2.26. The second-order valence-electron chi connectivity index (χ2n) is 2.89. The lowest BCUT2D eigenvalue weighted by Gasteiger charge is -2.16. The van der Waals surface area contributed by atoms with Crippen molar-refractivity contribution in [3.8, 4) is 0 Å². The molecule has 2 heteroatoms. The van der Waals surface area contributed by atoms with Gasteiger partial charge in [-0.1, -0.05) is 0 Å².